The molecule has 4 nitrogen and oxygen atoms in total. The van der Waals surface area contributed by atoms with E-state index in [4.69, 9.17) is 23.2 Å². The minimum atomic E-state index is -0.362. The van der Waals surface area contributed by atoms with Crippen molar-refractivity contribution in [2.24, 2.45) is 0 Å². The van der Waals surface area contributed by atoms with Crippen LogP contribution in [-0.2, 0) is 6.42 Å². The molecule has 0 spiro atoms. The van der Waals surface area contributed by atoms with Gasteiger partial charge in [-0.2, -0.15) is 0 Å². The summed E-state index contributed by atoms with van der Waals surface area (Å²) in [6.07, 6.45) is 1.77. The average molecular weight is 375 g/mol. The second-order valence-corrected chi connectivity index (χ2v) is 6.59. The summed E-state index contributed by atoms with van der Waals surface area (Å²) in [4.78, 5) is 27.1. The zero-order valence-corrected chi connectivity index (χ0v) is 15.0. The lowest BCUT2D eigenvalue weighted by atomic mass is 10.0. The number of benzene rings is 2. The van der Waals surface area contributed by atoms with Gasteiger partial charge < -0.3 is 10.3 Å². The van der Waals surface area contributed by atoms with Gasteiger partial charge in [-0.15, -0.1) is 0 Å². The Hall–Kier alpha value is -2.30. The molecule has 3 aromatic rings. The fourth-order valence-electron chi connectivity index (χ4n) is 2.76. The maximum atomic E-state index is 12.4. The molecule has 0 bridgehead atoms. The van der Waals surface area contributed by atoms with Gasteiger partial charge in [-0.05, 0) is 42.3 Å². The molecule has 2 N–H and O–H groups in total. The molecule has 128 valence electrons. The van der Waals surface area contributed by atoms with Crippen molar-refractivity contribution in [1.82, 2.24) is 4.98 Å². The summed E-state index contributed by atoms with van der Waals surface area (Å²) >= 11 is 12.0. The number of anilines is 1. The number of nitrogens with one attached hydrogen (secondary N) is 2. The lowest BCUT2D eigenvalue weighted by Crippen LogP contribution is -2.13. The van der Waals surface area contributed by atoms with Crippen molar-refractivity contribution >= 4 is 45.7 Å². The standard InChI is InChI=1S/C19H16Cl2N2O2/c1-2-3-11-8-18(24)23-17-10-13(5-6-14(11)17)22-19(25)15-9-12(20)4-7-16(15)21/h4-10H,2-3H2,1H3,(H,22,25)(H,23,24). The van der Waals surface area contributed by atoms with E-state index < -0.39 is 0 Å². The van der Waals surface area contributed by atoms with Crippen LogP contribution in [-0.4, -0.2) is 10.9 Å². The quantitative estimate of drug-likeness (QED) is 0.671. The topological polar surface area (TPSA) is 62.0 Å². The molecule has 0 fully saturated rings. The SMILES string of the molecule is CCCc1cc(=O)[nH]c2cc(NC(=O)c3cc(Cl)ccc3Cl)ccc12. The number of pyridine rings is 1. The fourth-order valence-corrected chi connectivity index (χ4v) is 3.13. The van der Waals surface area contributed by atoms with Crippen LogP contribution in [0.5, 0.6) is 0 Å². The van der Waals surface area contributed by atoms with Crippen LogP contribution in [0.2, 0.25) is 10.0 Å². The monoisotopic (exact) mass is 374 g/mol. The van der Waals surface area contributed by atoms with Gasteiger partial charge in [0.2, 0.25) is 5.56 Å². The molecule has 0 saturated heterocycles. The molecule has 3 rings (SSSR count). The molecule has 0 atom stereocenters. The minimum absolute atomic E-state index is 0.155. The third-order valence-corrected chi connectivity index (χ3v) is 4.44. The molecule has 0 aliphatic heterocycles. The average Bonchev–Trinajstić information content (AvgIpc) is 2.56. The molecule has 0 aliphatic rings. The van der Waals surface area contributed by atoms with Crippen LogP contribution in [0.1, 0.15) is 29.3 Å². The third kappa shape index (κ3) is 3.86. The molecular formula is C19H16Cl2N2O2. The number of halogens is 2. The highest BCUT2D eigenvalue weighted by atomic mass is 35.5. The summed E-state index contributed by atoms with van der Waals surface area (Å²) < 4.78 is 0. The Morgan fingerprint density at radius 3 is 2.68 bits per heavy atom. The molecule has 2 aromatic carbocycles. The van der Waals surface area contributed by atoms with Gasteiger partial charge in [0.25, 0.3) is 5.91 Å². The van der Waals surface area contributed by atoms with Crippen LogP contribution in [0, 0.1) is 0 Å². The zero-order valence-electron chi connectivity index (χ0n) is 13.5. The molecule has 1 aromatic heterocycles. The Kier molecular flexibility index (Phi) is 5.11. The lowest BCUT2D eigenvalue weighted by molar-refractivity contribution is 0.102. The molecule has 0 aliphatic carbocycles. The van der Waals surface area contributed by atoms with E-state index in [2.05, 4.69) is 17.2 Å². The van der Waals surface area contributed by atoms with E-state index in [0.717, 1.165) is 23.8 Å². The van der Waals surface area contributed by atoms with Gasteiger partial charge in [-0.1, -0.05) is 42.6 Å². The molecule has 0 unspecified atom stereocenters. The Labute approximate surface area is 154 Å². The normalized spacial score (nSPS) is 10.8. The van der Waals surface area contributed by atoms with Gasteiger partial charge in [-0.25, -0.2) is 0 Å². The number of amides is 1. The third-order valence-electron chi connectivity index (χ3n) is 3.88. The van der Waals surface area contributed by atoms with E-state index >= 15 is 0 Å². The second kappa shape index (κ2) is 7.30. The number of rotatable bonds is 4. The van der Waals surface area contributed by atoms with Crippen LogP contribution in [0.15, 0.2) is 47.3 Å². The first-order chi connectivity index (χ1) is 12.0. The van der Waals surface area contributed by atoms with Gasteiger partial charge >= 0.3 is 0 Å². The molecular weight excluding hydrogens is 359 g/mol. The predicted octanol–water partition coefficient (Wildman–Crippen LogP) is 5.04. The number of carbonyl (C=O) groups is 1. The van der Waals surface area contributed by atoms with Crippen LogP contribution >= 0.6 is 23.2 Å². The van der Waals surface area contributed by atoms with Gasteiger partial charge in [0.05, 0.1) is 16.1 Å². The number of hydrogen-bond donors (Lipinski definition) is 2. The highest BCUT2D eigenvalue weighted by molar-refractivity contribution is 6.36. The maximum Gasteiger partial charge on any atom is 0.257 e. The van der Waals surface area contributed by atoms with Crippen LogP contribution < -0.4 is 10.9 Å². The number of carbonyl (C=O) groups excluding carboxylic acids is 1. The Morgan fingerprint density at radius 1 is 1.12 bits per heavy atom. The summed E-state index contributed by atoms with van der Waals surface area (Å²) in [5.74, 6) is -0.362. The predicted molar refractivity (Wildman–Crippen MR) is 103 cm³/mol. The maximum absolute atomic E-state index is 12.4. The van der Waals surface area contributed by atoms with Crippen LogP contribution in [0.25, 0.3) is 10.9 Å². The van der Waals surface area contributed by atoms with Crippen molar-refractivity contribution in [1.29, 1.82) is 0 Å². The van der Waals surface area contributed by atoms with E-state index in [1.54, 1.807) is 30.3 Å². The van der Waals surface area contributed by atoms with Crippen molar-refractivity contribution in [3.05, 3.63) is 74.0 Å². The first-order valence-electron chi connectivity index (χ1n) is 7.90. The number of aromatic amines is 1. The second-order valence-electron chi connectivity index (χ2n) is 5.75. The van der Waals surface area contributed by atoms with Crippen molar-refractivity contribution in [2.45, 2.75) is 19.8 Å². The lowest BCUT2D eigenvalue weighted by Gasteiger charge is -2.10. The first-order valence-corrected chi connectivity index (χ1v) is 8.66. The first kappa shape index (κ1) is 17.5. The number of H-pyrrole nitrogens is 1. The largest absolute Gasteiger partial charge is 0.322 e. The van der Waals surface area contributed by atoms with Gasteiger partial charge in [0.1, 0.15) is 0 Å². The van der Waals surface area contributed by atoms with Crippen LogP contribution in [0.3, 0.4) is 0 Å². The van der Waals surface area contributed by atoms with E-state index in [1.165, 1.54) is 6.07 Å². The van der Waals surface area contributed by atoms with Crippen LogP contribution in [0.4, 0.5) is 5.69 Å². The molecule has 6 heteroatoms. The minimum Gasteiger partial charge on any atom is -0.322 e. The molecule has 25 heavy (non-hydrogen) atoms. The summed E-state index contributed by atoms with van der Waals surface area (Å²) in [5, 5.41) is 4.51. The Bertz CT molecular complexity index is 1010. The number of aryl methyl sites for hydroxylation is 1. The van der Waals surface area contributed by atoms with Gasteiger partial charge in [0.15, 0.2) is 0 Å². The van der Waals surface area contributed by atoms with E-state index in [-0.39, 0.29) is 11.5 Å². The number of hydrogen-bond acceptors (Lipinski definition) is 2. The molecule has 0 radical (unpaired) electrons. The summed E-state index contributed by atoms with van der Waals surface area (Å²) in [7, 11) is 0. The fraction of sp³-hybridized carbons (Fsp3) is 0.158. The van der Waals surface area contributed by atoms with Crippen molar-refractivity contribution in [3.8, 4) is 0 Å². The summed E-state index contributed by atoms with van der Waals surface area (Å²) in [5.41, 5.74) is 2.39. The molecule has 1 amide bonds. The summed E-state index contributed by atoms with van der Waals surface area (Å²) in [6.45, 7) is 2.07. The van der Waals surface area contributed by atoms with Crippen molar-refractivity contribution < 1.29 is 4.79 Å². The smallest absolute Gasteiger partial charge is 0.257 e. The number of fused-ring (bicyclic) bond motifs is 1. The van der Waals surface area contributed by atoms with Crippen molar-refractivity contribution in [3.63, 3.8) is 0 Å². The van der Waals surface area contributed by atoms with Gasteiger partial charge in [0, 0.05) is 22.2 Å². The zero-order chi connectivity index (χ0) is 18.0. The highest BCUT2D eigenvalue weighted by Crippen LogP contribution is 2.24. The van der Waals surface area contributed by atoms with E-state index in [9.17, 15) is 9.59 Å². The Balaban J connectivity index is 1.95. The highest BCUT2D eigenvalue weighted by Gasteiger charge is 2.12. The molecule has 0 saturated carbocycles. The van der Waals surface area contributed by atoms with Crippen molar-refractivity contribution in [2.75, 3.05) is 5.32 Å². The van der Waals surface area contributed by atoms with E-state index in [0.29, 0.717) is 26.8 Å². The van der Waals surface area contributed by atoms with E-state index in [1.807, 2.05) is 6.07 Å². The molecule has 1 heterocycles. The summed E-state index contributed by atoms with van der Waals surface area (Å²) in [6, 6.07) is 11.8. The van der Waals surface area contributed by atoms with Gasteiger partial charge in [-0.3, -0.25) is 9.59 Å². The number of aromatic nitrogens is 1. The Morgan fingerprint density at radius 2 is 1.92 bits per heavy atom.